The fourth-order valence-corrected chi connectivity index (χ4v) is 2.58. The topological polar surface area (TPSA) is 64.3 Å². The lowest BCUT2D eigenvalue weighted by molar-refractivity contribution is -0.123. The molecule has 1 unspecified atom stereocenters. The number of carbonyl (C=O) groups excluding carboxylic acids is 1. The van der Waals surface area contributed by atoms with Crippen molar-refractivity contribution in [2.75, 3.05) is 12.3 Å². The average molecular weight is 262 g/mol. The van der Waals surface area contributed by atoms with Gasteiger partial charge in [-0.3, -0.25) is 4.79 Å². The standard InChI is InChI=1S/C15H22N2O2/c1-15(2)8-7-11(9-15)17-14(18)10-19-13-6-4-3-5-12(13)16/h3-6,11H,7-10,16H2,1-2H3,(H,17,18). The summed E-state index contributed by atoms with van der Waals surface area (Å²) in [5.41, 5.74) is 6.64. The van der Waals surface area contributed by atoms with Crippen molar-refractivity contribution in [3.05, 3.63) is 24.3 Å². The molecule has 1 saturated carbocycles. The molecule has 1 aromatic rings. The van der Waals surface area contributed by atoms with Crippen molar-refractivity contribution < 1.29 is 9.53 Å². The molecule has 104 valence electrons. The highest BCUT2D eigenvalue weighted by atomic mass is 16.5. The van der Waals surface area contributed by atoms with Gasteiger partial charge in [0, 0.05) is 6.04 Å². The SMILES string of the molecule is CC1(C)CCC(NC(=O)COc2ccccc2N)C1. The molecule has 0 spiro atoms. The Bertz CT molecular complexity index is 457. The van der Waals surface area contributed by atoms with Crippen LogP contribution in [0.15, 0.2) is 24.3 Å². The van der Waals surface area contributed by atoms with Gasteiger partial charge >= 0.3 is 0 Å². The van der Waals surface area contributed by atoms with Crippen LogP contribution < -0.4 is 15.8 Å². The minimum absolute atomic E-state index is 0.0190. The van der Waals surface area contributed by atoms with Crippen LogP contribution in [0.1, 0.15) is 33.1 Å². The molecule has 1 amide bonds. The average Bonchev–Trinajstić information content (AvgIpc) is 2.67. The quantitative estimate of drug-likeness (QED) is 0.819. The summed E-state index contributed by atoms with van der Waals surface area (Å²) >= 11 is 0. The number of anilines is 1. The Morgan fingerprint density at radius 2 is 2.21 bits per heavy atom. The number of benzene rings is 1. The number of nitrogen functional groups attached to an aromatic ring is 1. The van der Waals surface area contributed by atoms with Crippen LogP contribution in [0.5, 0.6) is 5.75 Å². The second kappa shape index (κ2) is 5.51. The van der Waals surface area contributed by atoms with E-state index < -0.39 is 0 Å². The fourth-order valence-electron chi connectivity index (χ4n) is 2.58. The molecule has 4 nitrogen and oxygen atoms in total. The predicted octanol–water partition coefficient (Wildman–Crippen LogP) is 2.34. The number of nitrogens with one attached hydrogen (secondary N) is 1. The first-order valence-electron chi connectivity index (χ1n) is 6.73. The Kier molecular flexibility index (Phi) is 3.98. The lowest BCUT2D eigenvalue weighted by Gasteiger charge is -2.18. The van der Waals surface area contributed by atoms with Gasteiger partial charge in [-0.25, -0.2) is 0 Å². The molecule has 0 radical (unpaired) electrons. The van der Waals surface area contributed by atoms with E-state index >= 15 is 0 Å². The lowest BCUT2D eigenvalue weighted by Crippen LogP contribution is -2.36. The Morgan fingerprint density at radius 3 is 2.84 bits per heavy atom. The van der Waals surface area contributed by atoms with Gasteiger partial charge in [0.15, 0.2) is 6.61 Å². The maximum Gasteiger partial charge on any atom is 0.258 e. The third-order valence-electron chi connectivity index (χ3n) is 3.61. The highest BCUT2D eigenvalue weighted by Crippen LogP contribution is 2.36. The van der Waals surface area contributed by atoms with Crippen molar-refractivity contribution in [2.24, 2.45) is 5.41 Å². The van der Waals surface area contributed by atoms with Crippen LogP contribution >= 0.6 is 0 Å². The van der Waals surface area contributed by atoms with Crippen molar-refractivity contribution in [1.29, 1.82) is 0 Å². The van der Waals surface area contributed by atoms with Crippen molar-refractivity contribution in [2.45, 2.75) is 39.2 Å². The van der Waals surface area contributed by atoms with Crippen molar-refractivity contribution in [3.8, 4) is 5.75 Å². The minimum atomic E-state index is -0.0778. The molecule has 0 aromatic heterocycles. The van der Waals surface area contributed by atoms with Crippen LogP contribution in [0.2, 0.25) is 0 Å². The number of hydrogen-bond donors (Lipinski definition) is 2. The van der Waals surface area contributed by atoms with E-state index in [9.17, 15) is 4.79 Å². The van der Waals surface area contributed by atoms with Gasteiger partial charge in [0.05, 0.1) is 5.69 Å². The zero-order chi connectivity index (χ0) is 13.9. The van der Waals surface area contributed by atoms with Crippen molar-refractivity contribution >= 4 is 11.6 Å². The largest absolute Gasteiger partial charge is 0.482 e. The molecule has 2 rings (SSSR count). The van der Waals surface area contributed by atoms with Crippen molar-refractivity contribution in [3.63, 3.8) is 0 Å². The van der Waals surface area contributed by atoms with Gasteiger partial charge in [0.25, 0.3) is 5.91 Å². The first-order chi connectivity index (χ1) is 8.96. The molecular formula is C15H22N2O2. The maximum absolute atomic E-state index is 11.8. The number of para-hydroxylation sites is 2. The van der Waals surface area contributed by atoms with Crippen LogP contribution in [0.3, 0.4) is 0 Å². The molecule has 0 aliphatic heterocycles. The van der Waals surface area contributed by atoms with E-state index in [1.165, 1.54) is 0 Å². The van der Waals surface area contributed by atoms with Gasteiger partial charge in [-0.05, 0) is 36.8 Å². The van der Waals surface area contributed by atoms with Gasteiger partial charge in [-0.1, -0.05) is 26.0 Å². The van der Waals surface area contributed by atoms with Gasteiger partial charge < -0.3 is 15.8 Å². The summed E-state index contributed by atoms with van der Waals surface area (Å²) in [6.07, 6.45) is 3.24. The second-order valence-corrected chi connectivity index (χ2v) is 6.00. The zero-order valence-electron chi connectivity index (χ0n) is 11.6. The van der Waals surface area contributed by atoms with E-state index in [2.05, 4.69) is 19.2 Å². The number of amides is 1. The molecule has 4 heteroatoms. The lowest BCUT2D eigenvalue weighted by atomic mass is 9.92. The summed E-state index contributed by atoms with van der Waals surface area (Å²) in [5.74, 6) is 0.482. The van der Waals surface area contributed by atoms with E-state index in [0.29, 0.717) is 16.9 Å². The molecule has 3 N–H and O–H groups in total. The number of hydrogen-bond acceptors (Lipinski definition) is 3. The van der Waals surface area contributed by atoms with E-state index in [1.54, 1.807) is 12.1 Å². The zero-order valence-corrected chi connectivity index (χ0v) is 11.6. The number of nitrogens with two attached hydrogens (primary N) is 1. The van der Waals surface area contributed by atoms with Crippen LogP contribution in [-0.2, 0) is 4.79 Å². The highest BCUT2D eigenvalue weighted by Gasteiger charge is 2.31. The summed E-state index contributed by atoms with van der Waals surface area (Å²) in [5, 5.41) is 3.02. The third-order valence-corrected chi connectivity index (χ3v) is 3.61. The Balaban J connectivity index is 1.78. The summed E-state index contributed by atoms with van der Waals surface area (Å²) in [4.78, 5) is 11.8. The van der Waals surface area contributed by atoms with Gasteiger partial charge in [0.1, 0.15) is 5.75 Å². The first kappa shape index (κ1) is 13.7. The van der Waals surface area contributed by atoms with E-state index in [-0.39, 0.29) is 18.6 Å². The predicted molar refractivity (Wildman–Crippen MR) is 75.9 cm³/mol. The summed E-state index contributed by atoms with van der Waals surface area (Å²) < 4.78 is 5.42. The monoisotopic (exact) mass is 262 g/mol. The molecule has 0 heterocycles. The molecule has 1 atom stereocenters. The molecule has 1 aliphatic carbocycles. The van der Waals surface area contributed by atoms with Crippen LogP contribution in [0.4, 0.5) is 5.69 Å². The summed E-state index contributed by atoms with van der Waals surface area (Å²) in [6, 6.07) is 7.47. The molecule has 1 aliphatic rings. The molecular weight excluding hydrogens is 240 g/mol. The highest BCUT2D eigenvalue weighted by molar-refractivity contribution is 5.78. The summed E-state index contributed by atoms with van der Waals surface area (Å²) in [7, 11) is 0. The number of carbonyl (C=O) groups is 1. The van der Waals surface area contributed by atoms with E-state index in [4.69, 9.17) is 10.5 Å². The second-order valence-electron chi connectivity index (χ2n) is 6.00. The van der Waals surface area contributed by atoms with Crippen LogP contribution in [0.25, 0.3) is 0 Å². The Hall–Kier alpha value is -1.71. The van der Waals surface area contributed by atoms with Crippen LogP contribution in [0, 0.1) is 5.41 Å². The minimum Gasteiger partial charge on any atom is -0.482 e. The molecule has 0 saturated heterocycles. The Morgan fingerprint density at radius 1 is 1.47 bits per heavy atom. The number of rotatable bonds is 4. The van der Waals surface area contributed by atoms with E-state index in [1.807, 2.05) is 12.1 Å². The van der Waals surface area contributed by atoms with E-state index in [0.717, 1.165) is 19.3 Å². The normalized spacial score (nSPS) is 21.1. The maximum atomic E-state index is 11.8. The molecule has 1 fully saturated rings. The summed E-state index contributed by atoms with van der Waals surface area (Å²) in [6.45, 7) is 4.49. The van der Waals surface area contributed by atoms with Gasteiger partial charge in [-0.15, -0.1) is 0 Å². The third kappa shape index (κ3) is 3.88. The van der Waals surface area contributed by atoms with Gasteiger partial charge in [-0.2, -0.15) is 0 Å². The number of ether oxygens (including phenoxy) is 1. The smallest absolute Gasteiger partial charge is 0.258 e. The molecule has 0 bridgehead atoms. The molecule has 1 aromatic carbocycles. The fraction of sp³-hybridized carbons (Fsp3) is 0.533. The van der Waals surface area contributed by atoms with Crippen molar-refractivity contribution in [1.82, 2.24) is 5.32 Å². The Labute approximate surface area is 114 Å². The van der Waals surface area contributed by atoms with Crippen LogP contribution in [-0.4, -0.2) is 18.6 Å². The first-order valence-corrected chi connectivity index (χ1v) is 6.73. The van der Waals surface area contributed by atoms with Gasteiger partial charge in [0.2, 0.25) is 0 Å². The molecule has 19 heavy (non-hydrogen) atoms.